The molecule has 0 aromatic rings. The molecule has 0 amide bonds. The number of alkyl halides is 1. The second kappa shape index (κ2) is 6.86. The summed E-state index contributed by atoms with van der Waals surface area (Å²) in [5.41, 5.74) is 0. The van der Waals surface area contributed by atoms with E-state index in [-0.39, 0.29) is 0 Å². The van der Waals surface area contributed by atoms with Crippen molar-refractivity contribution in [2.45, 2.75) is 5.75 Å². The van der Waals surface area contributed by atoms with E-state index in [1.165, 1.54) is 13.4 Å². The van der Waals surface area contributed by atoms with Gasteiger partial charge in [0, 0.05) is 7.11 Å². The Balaban J connectivity index is 2.95. The molecular formula is C6H11ClO3. The number of hydrogen-bond donors (Lipinski definition) is 0. The largest absolute Gasteiger partial charge is 0.499 e. The molecule has 0 saturated heterocycles. The molecular weight excluding hydrogens is 156 g/mol. The third-order valence-electron chi connectivity index (χ3n) is 0.753. The highest BCUT2D eigenvalue weighted by Gasteiger charge is 1.98. The predicted octanol–water partition coefficient (Wildman–Crippen LogP) is 1.33. The second-order valence-electron chi connectivity index (χ2n) is 1.42. The van der Waals surface area contributed by atoms with Crippen LogP contribution in [0.15, 0.2) is 12.8 Å². The van der Waals surface area contributed by atoms with Crippen molar-refractivity contribution in [3.63, 3.8) is 0 Å². The fourth-order valence-electron chi connectivity index (χ4n) is 0.340. The summed E-state index contributed by atoms with van der Waals surface area (Å²) in [7, 11) is 1.46. The van der Waals surface area contributed by atoms with Crippen LogP contribution in [-0.2, 0) is 14.2 Å². The van der Waals surface area contributed by atoms with Gasteiger partial charge in [0.1, 0.15) is 6.61 Å². The highest BCUT2D eigenvalue weighted by molar-refractivity contribution is 6.18. The van der Waals surface area contributed by atoms with Gasteiger partial charge in [0.2, 0.25) is 5.75 Å². The van der Waals surface area contributed by atoms with Crippen LogP contribution < -0.4 is 0 Å². The highest BCUT2D eigenvalue weighted by atomic mass is 35.5. The Labute approximate surface area is 65.5 Å². The molecule has 0 bridgehead atoms. The van der Waals surface area contributed by atoms with Gasteiger partial charge in [0.25, 0.3) is 0 Å². The highest BCUT2D eigenvalue weighted by Crippen LogP contribution is 1.97. The number of rotatable bonds is 6. The summed E-state index contributed by atoms with van der Waals surface area (Å²) in [4.78, 5) is 0. The Bertz CT molecular complexity index is 87.1. The smallest absolute Gasteiger partial charge is 0.237 e. The standard InChI is InChI=1S/C6H11ClO3/c1-3-9-4-5-10-6(7)8-2/h3,6H,1,4-5H2,2H3. The topological polar surface area (TPSA) is 27.7 Å². The van der Waals surface area contributed by atoms with Crippen LogP contribution in [0.5, 0.6) is 0 Å². The Morgan fingerprint density at radius 2 is 2.30 bits per heavy atom. The van der Waals surface area contributed by atoms with Crippen LogP contribution in [0.25, 0.3) is 0 Å². The van der Waals surface area contributed by atoms with Crippen molar-refractivity contribution < 1.29 is 14.2 Å². The molecule has 3 nitrogen and oxygen atoms in total. The Morgan fingerprint density at radius 3 is 2.80 bits per heavy atom. The van der Waals surface area contributed by atoms with Gasteiger partial charge in [-0.2, -0.15) is 0 Å². The lowest BCUT2D eigenvalue weighted by molar-refractivity contribution is -0.0755. The Kier molecular flexibility index (Phi) is 6.69. The van der Waals surface area contributed by atoms with Crippen molar-refractivity contribution in [1.29, 1.82) is 0 Å². The van der Waals surface area contributed by atoms with E-state index in [1.807, 2.05) is 0 Å². The quantitative estimate of drug-likeness (QED) is 0.258. The fourth-order valence-corrected chi connectivity index (χ4v) is 0.429. The molecule has 4 heteroatoms. The first kappa shape index (κ1) is 9.75. The van der Waals surface area contributed by atoms with E-state index < -0.39 is 5.75 Å². The maximum absolute atomic E-state index is 5.42. The summed E-state index contributed by atoms with van der Waals surface area (Å²) < 4.78 is 14.2. The van der Waals surface area contributed by atoms with E-state index in [9.17, 15) is 0 Å². The average Bonchev–Trinajstić information content (AvgIpc) is 1.98. The summed E-state index contributed by atoms with van der Waals surface area (Å²) in [5.74, 6) is -0.687. The molecule has 0 fully saturated rings. The minimum Gasteiger partial charge on any atom is -0.499 e. The number of hydrogen-bond acceptors (Lipinski definition) is 3. The third-order valence-corrected chi connectivity index (χ3v) is 1.06. The van der Waals surface area contributed by atoms with Crippen LogP contribution in [0, 0.1) is 0 Å². The lowest BCUT2D eigenvalue weighted by Crippen LogP contribution is -2.11. The summed E-state index contributed by atoms with van der Waals surface area (Å²) >= 11 is 5.42. The summed E-state index contributed by atoms with van der Waals surface area (Å²) in [6.45, 7) is 4.19. The van der Waals surface area contributed by atoms with E-state index in [0.29, 0.717) is 13.2 Å². The predicted molar refractivity (Wildman–Crippen MR) is 38.8 cm³/mol. The summed E-state index contributed by atoms with van der Waals surface area (Å²) in [6.07, 6.45) is 1.35. The molecule has 0 N–H and O–H groups in total. The molecule has 60 valence electrons. The van der Waals surface area contributed by atoms with Gasteiger partial charge in [-0.25, -0.2) is 0 Å². The molecule has 10 heavy (non-hydrogen) atoms. The normalized spacial score (nSPS) is 12.6. The van der Waals surface area contributed by atoms with E-state index in [1.54, 1.807) is 0 Å². The molecule has 0 aromatic heterocycles. The van der Waals surface area contributed by atoms with Crippen molar-refractivity contribution in [2.75, 3.05) is 20.3 Å². The van der Waals surface area contributed by atoms with Crippen molar-refractivity contribution in [3.8, 4) is 0 Å². The van der Waals surface area contributed by atoms with Gasteiger partial charge in [-0.1, -0.05) is 18.2 Å². The van der Waals surface area contributed by atoms with Gasteiger partial charge in [0.05, 0.1) is 12.9 Å². The SMILES string of the molecule is C=COCCOC(Cl)OC. The summed E-state index contributed by atoms with van der Waals surface area (Å²) in [6, 6.07) is 0. The minimum absolute atomic E-state index is 0.397. The van der Waals surface area contributed by atoms with Crippen LogP contribution in [0.4, 0.5) is 0 Å². The van der Waals surface area contributed by atoms with Gasteiger partial charge >= 0.3 is 0 Å². The van der Waals surface area contributed by atoms with E-state index in [0.717, 1.165) is 0 Å². The monoisotopic (exact) mass is 166 g/mol. The molecule has 0 spiro atoms. The third kappa shape index (κ3) is 5.88. The van der Waals surface area contributed by atoms with Crippen molar-refractivity contribution >= 4 is 11.6 Å². The van der Waals surface area contributed by atoms with Gasteiger partial charge < -0.3 is 14.2 Å². The zero-order chi connectivity index (χ0) is 7.82. The van der Waals surface area contributed by atoms with Crippen LogP contribution in [-0.4, -0.2) is 26.1 Å². The van der Waals surface area contributed by atoms with Crippen LogP contribution in [0.2, 0.25) is 0 Å². The molecule has 0 rings (SSSR count). The van der Waals surface area contributed by atoms with Crippen LogP contribution in [0.1, 0.15) is 0 Å². The van der Waals surface area contributed by atoms with Gasteiger partial charge in [-0.15, -0.1) is 0 Å². The first-order chi connectivity index (χ1) is 4.81. The average molecular weight is 167 g/mol. The minimum atomic E-state index is -0.687. The van der Waals surface area contributed by atoms with Gasteiger partial charge in [0.15, 0.2) is 0 Å². The molecule has 1 atom stereocenters. The fraction of sp³-hybridized carbons (Fsp3) is 0.667. The lowest BCUT2D eigenvalue weighted by atomic mass is 10.8. The summed E-state index contributed by atoms with van der Waals surface area (Å²) in [5, 5.41) is 0. The molecule has 0 aliphatic heterocycles. The van der Waals surface area contributed by atoms with E-state index in [2.05, 4.69) is 11.3 Å². The van der Waals surface area contributed by atoms with Crippen LogP contribution in [0.3, 0.4) is 0 Å². The van der Waals surface area contributed by atoms with Crippen molar-refractivity contribution in [1.82, 2.24) is 0 Å². The molecule has 0 saturated carbocycles. The molecule has 0 radical (unpaired) electrons. The number of halogens is 1. The maximum Gasteiger partial charge on any atom is 0.237 e. The Hall–Kier alpha value is -0.250. The molecule has 0 aromatic carbocycles. The molecule has 0 heterocycles. The molecule has 1 unspecified atom stereocenters. The Morgan fingerprint density at radius 1 is 1.60 bits per heavy atom. The van der Waals surface area contributed by atoms with Gasteiger partial charge in [-0.05, 0) is 0 Å². The maximum atomic E-state index is 5.42. The van der Waals surface area contributed by atoms with E-state index >= 15 is 0 Å². The van der Waals surface area contributed by atoms with Crippen molar-refractivity contribution in [3.05, 3.63) is 12.8 Å². The molecule has 0 aliphatic carbocycles. The van der Waals surface area contributed by atoms with Crippen molar-refractivity contribution in [2.24, 2.45) is 0 Å². The molecule has 0 aliphatic rings. The number of methoxy groups -OCH3 is 1. The van der Waals surface area contributed by atoms with E-state index in [4.69, 9.17) is 21.1 Å². The first-order valence-electron chi connectivity index (χ1n) is 2.82. The second-order valence-corrected chi connectivity index (χ2v) is 1.77. The zero-order valence-corrected chi connectivity index (χ0v) is 6.63. The lowest BCUT2D eigenvalue weighted by Gasteiger charge is -2.07. The van der Waals surface area contributed by atoms with Gasteiger partial charge in [-0.3, -0.25) is 0 Å². The first-order valence-corrected chi connectivity index (χ1v) is 3.26. The number of ether oxygens (including phenoxy) is 3. The van der Waals surface area contributed by atoms with Crippen LogP contribution >= 0.6 is 11.6 Å². The zero-order valence-electron chi connectivity index (χ0n) is 5.88.